The molecule has 1 aliphatic heterocycles. The summed E-state index contributed by atoms with van der Waals surface area (Å²) in [7, 11) is 1.66. The highest BCUT2D eigenvalue weighted by Gasteiger charge is 2.20. The first-order valence-corrected chi connectivity index (χ1v) is 6.47. The van der Waals surface area contributed by atoms with Crippen LogP contribution in [0.1, 0.15) is 5.56 Å². The fourth-order valence-electron chi connectivity index (χ4n) is 2.24. The van der Waals surface area contributed by atoms with Gasteiger partial charge in [0.1, 0.15) is 12.4 Å². The molecule has 0 aromatic heterocycles. The van der Waals surface area contributed by atoms with Crippen molar-refractivity contribution in [3.05, 3.63) is 29.8 Å². The Kier molecular flexibility index (Phi) is 4.76. The Bertz CT molecular complexity index is 411. The van der Waals surface area contributed by atoms with E-state index in [1.165, 1.54) is 5.56 Å². The van der Waals surface area contributed by atoms with Crippen molar-refractivity contribution < 1.29 is 14.6 Å². The van der Waals surface area contributed by atoms with E-state index < -0.39 is 6.61 Å². The van der Waals surface area contributed by atoms with Crippen LogP contribution < -0.4 is 4.74 Å². The molecule has 0 aliphatic carbocycles. The first-order chi connectivity index (χ1) is 9.22. The quantitative estimate of drug-likeness (QED) is 0.851. The molecule has 1 aromatic carbocycles. The van der Waals surface area contributed by atoms with Crippen LogP contribution in [0.3, 0.4) is 0 Å². The van der Waals surface area contributed by atoms with Crippen LogP contribution in [-0.4, -0.2) is 60.7 Å². The van der Waals surface area contributed by atoms with Gasteiger partial charge in [-0.3, -0.25) is 9.69 Å². The Hall–Kier alpha value is -1.59. The number of aliphatic hydroxyl groups is 1. The number of hydrogen-bond acceptors (Lipinski definition) is 4. The van der Waals surface area contributed by atoms with Crippen molar-refractivity contribution in [2.45, 2.75) is 6.54 Å². The van der Waals surface area contributed by atoms with Gasteiger partial charge in [-0.15, -0.1) is 0 Å². The molecule has 5 nitrogen and oxygen atoms in total. The number of nitrogens with zero attached hydrogens (tertiary/aromatic N) is 2. The summed E-state index contributed by atoms with van der Waals surface area (Å²) in [4.78, 5) is 15.4. The minimum atomic E-state index is -0.390. The van der Waals surface area contributed by atoms with Crippen LogP contribution in [0.25, 0.3) is 0 Å². The maximum atomic E-state index is 11.3. The van der Waals surface area contributed by atoms with Crippen LogP contribution in [0.15, 0.2) is 24.3 Å². The number of amides is 1. The molecule has 0 bridgehead atoms. The maximum Gasteiger partial charge on any atom is 0.248 e. The van der Waals surface area contributed by atoms with Gasteiger partial charge in [0.15, 0.2) is 0 Å². The highest BCUT2D eigenvalue weighted by molar-refractivity contribution is 5.77. The van der Waals surface area contributed by atoms with Gasteiger partial charge in [0.05, 0.1) is 7.11 Å². The normalized spacial score (nSPS) is 16.4. The van der Waals surface area contributed by atoms with Gasteiger partial charge < -0.3 is 14.7 Å². The summed E-state index contributed by atoms with van der Waals surface area (Å²) in [6.45, 7) is 3.56. The number of aliphatic hydroxyl groups excluding tert-OH is 1. The number of carbonyl (C=O) groups is 1. The topological polar surface area (TPSA) is 53.0 Å². The third-order valence-electron chi connectivity index (χ3n) is 3.43. The lowest BCUT2D eigenvalue weighted by molar-refractivity contribution is -0.135. The maximum absolute atomic E-state index is 11.3. The molecule has 0 spiro atoms. The third kappa shape index (κ3) is 3.68. The van der Waals surface area contributed by atoms with Gasteiger partial charge in [0.25, 0.3) is 0 Å². The van der Waals surface area contributed by atoms with E-state index in [1.54, 1.807) is 12.0 Å². The van der Waals surface area contributed by atoms with E-state index in [0.717, 1.165) is 25.4 Å². The standard InChI is InChI=1S/C14H20N2O3/c1-19-13-4-2-12(3-5-13)10-15-6-8-16(9-7-15)14(18)11-17/h2-5,17H,6-11H2,1H3. The van der Waals surface area contributed by atoms with Crippen molar-refractivity contribution >= 4 is 5.91 Å². The van der Waals surface area contributed by atoms with Gasteiger partial charge in [-0.1, -0.05) is 12.1 Å². The van der Waals surface area contributed by atoms with Crippen molar-refractivity contribution in [1.29, 1.82) is 0 Å². The average molecular weight is 264 g/mol. The zero-order valence-corrected chi connectivity index (χ0v) is 11.2. The summed E-state index contributed by atoms with van der Waals surface area (Å²) < 4.78 is 5.13. The second-order valence-electron chi connectivity index (χ2n) is 4.66. The Morgan fingerprint density at radius 2 is 1.84 bits per heavy atom. The molecule has 0 radical (unpaired) electrons. The number of ether oxygens (including phenoxy) is 1. The monoisotopic (exact) mass is 264 g/mol. The number of methoxy groups -OCH3 is 1. The van der Waals surface area contributed by atoms with Crippen molar-refractivity contribution in [2.75, 3.05) is 39.9 Å². The zero-order chi connectivity index (χ0) is 13.7. The first-order valence-electron chi connectivity index (χ1n) is 6.47. The van der Waals surface area contributed by atoms with Crippen molar-refractivity contribution in [3.63, 3.8) is 0 Å². The fraction of sp³-hybridized carbons (Fsp3) is 0.500. The molecule has 1 heterocycles. The Balaban J connectivity index is 1.83. The van der Waals surface area contributed by atoms with Crippen LogP contribution >= 0.6 is 0 Å². The number of hydrogen-bond donors (Lipinski definition) is 1. The number of piperazine rings is 1. The molecule has 1 N–H and O–H groups in total. The van der Waals surface area contributed by atoms with Gasteiger partial charge in [-0.05, 0) is 17.7 Å². The third-order valence-corrected chi connectivity index (χ3v) is 3.43. The first kappa shape index (κ1) is 13.8. The van der Waals surface area contributed by atoms with E-state index in [-0.39, 0.29) is 5.91 Å². The number of benzene rings is 1. The number of rotatable bonds is 4. The second-order valence-corrected chi connectivity index (χ2v) is 4.66. The van der Waals surface area contributed by atoms with Gasteiger partial charge in [-0.25, -0.2) is 0 Å². The molecule has 5 heteroatoms. The van der Waals surface area contributed by atoms with Crippen molar-refractivity contribution in [3.8, 4) is 5.75 Å². The van der Waals surface area contributed by atoms with E-state index in [2.05, 4.69) is 17.0 Å². The van der Waals surface area contributed by atoms with E-state index in [0.29, 0.717) is 13.1 Å². The average Bonchev–Trinajstić information content (AvgIpc) is 2.48. The highest BCUT2D eigenvalue weighted by atomic mass is 16.5. The predicted molar refractivity (Wildman–Crippen MR) is 71.9 cm³/mol. The molecule has 19 heavy (non-hydrogen) atoms. The van der Waals surface area contributed by atoms with Gasteiger partial charge in [0.2, 0.25) is 5.91 Å². The van der Waals surface area contributed by atoms with Crippen LogP contribution in [0.5, 0.6) is 5.75 Å². The lowest BCUT2D eigenvalue weighted by atomic mass is 10.2. The molecule has 104 valence electrons. The van der Waals surface area contributed by atoms with E-state index in [4.69, 9.17) is 9.84 Å². The van der Waals surface area contributed by atoms with Crippen molar-refractivity contribution in [2.24, 2.45) is 0 Å². The van der Waals surface area contributed by atoms with E-state index in [1.807, 2.05) is 12.1 Å². The van der Waals surface area contributed by atoms with Gasteiger partial charge >= 0.3 is 0 Å². The molecule has 0 unspecified atom stereocenters. The Morgan fingerprint density at radius 1 is 1.21 bits per heavy atom. The minimum Gasteiger partial charge on any atom is -0.497 e. The lowest BCUT2D eigenvalue weighted by Gasteiger charge is -2.34. The Morgan fingerprint density at radius 3 is 2.37 bits per heavy atom. The summed E-state index contributed by atoms with van der Waals surface area (Å²) in [5.74, 6) is 0.686. The molecule has 0 atom stereocenters. The van der Waals surface area contributed by atoms with Crippen molar-refractivity contribution in [1.82, 2.24) is 9.80 Å². The summed E-state index contributed by atoms with van der Waals surface area (Å²) in [5.41, 5.74) is 1.24. The van der Waals surface area contributed by atoms with Gasteiger partial charge in [0, 0.05) is 32.7 Å². The Labute approximate surface area is 113 Å². The zero-order valence-electron chi connectivity index (χ0n) is 11.2. The smallest absolute Gasteiger partial charge is 0.248 e. The molecule has 1 saturated heterocycles. The molecule has 1 aliphatic rings. The molecule has 2 rings (SSSR count). The highest BCUT2D eigenvalue weighted by Crippen LogP contribution is 2.14. The SMILES string of the molecule is COc1ccc(CN2CCN(C(=O)CO)CC2)cc1. The lowest BCUT2D eigenvalue weighted by Crippen LogP contribution is -2.49. The summed E-state index contributed by atoms with van der Waals surface area (Å²) in [6.07, 6.45) is 0. The van der Waals surface area contributed by atoms with Crippen LogP contribution in [-0.2, 0) is 11.3 Å². The molecule has 1 amide bonds. The second kappa shape index (κ2) is 6.54. The molecule has 1 fully saturated rings. The van der Waals surface area contributed by atoms with Crippen LogP contribution in [0.4, 0.5) is 0 Å². The van der Waals surface area contributed by atoms with Gasteiger partial charge in [-0.2, -0.15) is 0 Å². The summed E-state index contributed by atoms with van der Waals surface area (Å²) in [5, 5.41) is 8.82. The summed E-state index contributed by atoms with van der Waals surface area (Å²) >= 11 is 0. The molecular weight excluding hydrogens is 244 g/mol. The van der Waals surface area contributed by atoms with E-state index >= 15 is 0 Å². The minimum absolute atomic E-state index is 0.177. The molecule has 0 saturated carbocycles. The molecule has 1 aromatic rings. The molecular formula is C14H20N2O3. The largest absolute Gasteiger partial charge is 0.497 e. The van der Waals surface area contributed by atoms with Crippen LogP contribution in [0.2, 0.25) is 0 Å². The number of carbonyl (C=O) groups excluding carboxylic acids is 1. The van der Waals surface area contributed by atoms with E-state index in [9.17, 15) is 4.79 Å². The fourth-order valence-corrected chi connectivity index (χ4v) is 2.24. The summed E-state index contributed by atoms with van der Waals surface area (Å²) in [6, 6.07) is 8.04. The van der Waals surface area contributed by atoms with Crippen LogP contribution in [0, 0.1) is 0 Å². The predicted octanol–water partition coefficient (Wildman–Crippen LogP) is 0.332.